The third-order valence-corrected chi connectivity index (χ3v) is 5.67. The standard InChI is InChI=1S/C20H20N2O2S/c1-2-18-21-13(12-25-18)11-24-20(23)19-14-7-3-5-9-16(14)22-17-10-6-4-8-15(17)19/h3,5,7,9,12H,2,4,6,8,10-11H2,1H3. The molecular weight excluding hydrogens is 332 g/mol. The van der Waals surface area contributed by atoms with Crippen LogP contribution in [0.5, 0.6) is 0 Å². The Morgan fingerprint density at radius 3 is 2.88 bits per heavy atom. The molecule has 0 bridgehead atoms. The molecule has 2 heterocycles. The molecule has 0 saturated carbocycles. The van der Waals surface area contributed by atoms with Crippen LogP contribution >= 0.6 is 11.3 Å². The van der Waals surface area contributed by atoms with Gasteiger partial charge in [-0.2, -0.15) is 0 Å². The first-order valence-electron chi connectivity index (χ1n) is 8.77. The summed E-state index contributed by atoms with van der Waals surface area (Å²) < 4.78 is 5.62. The van der Waals surface area contributed by atoms with Gasteiger partial charge >= 0.3 is 5.97 Å². The van der Waals surface area contributed by atoms with E-state index < -0.39 is 0 Å². The molecule has 25 heavy (non-hydrogen) atoms. The topological polar surface area (TPSA) is 52.1 Å². The number of thiazole rings is 1. The van der Waals surface area contributed by atoms with E-state index in [1.165, 1.54) is 0 Å². The second-order valence-electron chi connectivity index (χ2n) is 6.30. The summed E-state index contributed by atoms with van der Waals surface area (Å²) in [7, 11) is 0. The van der Waals surface area contributed by atoms with Crippen LogP contribution in [0.4, 0.5) is 0 Å². The van der Waals surface area contributed by atoms with Crippen LogP contribution in [0, 0.1) is 0 Å². The van der Waals surface area contributed by atoms with E-state index in [2.05, 4.69) is 11.9 Å². The van der Waals surface area contributed by atoms with Gasteiger partial charge in [0.15, 0.2) is 0 Å². The highest BCUT2D eigenvalue weighted by Gasteiger charge is 2.23. The first-order chi connectivity index (χ1) is 12.3. The Bertz CT molecular complexity index is 933. The quantitative estimate of drug-likeness (QED) is 0.649. The van der Waals surface area contributed by atoms with E-state index in [0.717, 1.165) is 65.0 Å². The average molecular weight is 352 g/mol. The van der Waals surface area contributed by atoms with Crippen molar-refractivity contribution < 1.29 is 9.53 Å². The van der Waals surface area contributed by atoms with E-state index in [1.807, 2.05) is 29.6 Å². The highest BCUT2D eigenvalue weighted by molar-refractivity contribution is 7.09. The van der Waals surface area contributed by atoms with E-state index in [-0.39, 0.29) is 12.6 Å². The van der Waals surface area contributed by atoms with Gasteiger partial charge in [0.25, 0.3) is 0 Å². The van der Waals surface area contributed by atoms with Gasteiger partial charge in [-0.1, -0.05) is 25.1 Å². The summed E-state index contributed by atoms with van der Waals surface area (Å²) in [4.78, 5) is 22.2. The second-order valence-corrected chi connectivity index (χ2v) is 7.24. The number of nitrogens with zero attached hydrogens (tertiary/aromatic N) is 2. The van der Waals surface area contributed by atoms with Crippen LogP contribution in [-0.2, 0) is 30.6 Å². The van der Waals surface area contributed by atoms with E-state index in [0.29, 0.717) is 5.56 Å². The van der Waals surface area contributed by atoms with E-state index in [1.54, 1.807) is 11.3 Å². The monoisotopic (exact) mass is 352 g/mol. The molecule has 5 heteroatoms. The maximum absolute atomic E-state index is 12.9. The van der Waals surface area contributed by atoms with Crippen molar-refractivity contribution in [2.24, 2.45) is 0 Å². The number of carbonyl (C=O) groups excluding carboxylic acids is 1. The van der Waals surface area contributed by atoms with Gasteiger partial charge in [0.1, 0.15) is 6.61 Å². The number of carbonyl (C=O) groups is 1. The number of hydrogen-bond acceptors (Lipinski definition) is 5. The summed E-state index contributed by atoms with van der Waals surface area (Å²) >= 11 is 1.61. The summed E-state index contributed by atoms with van der Waals surface area (Å²) in [5.41, 5.74) is 4.52. The minimum absolute atomic E-state index is 0.223. The molecule has 1 aliphatic carbocycles. The molecule has 0 aliphatic heterocycles. The van der Waals surface area contributed by atoms with E-state index in [9.17, 15) is 4.79 Å². The first kappa shape index (κ1) is 16.2. The maximum atomic E-state index is 12.9. The van der Waals surface area contributed by atoms with Gasteiger partial charge in [0.05, 0.1) is 21.8 Å². The first-order valence-corrected chi connectivity index (χ1v) is 9.65. The van der Waals surface area contributed by atoms with Gasteiger partial charge in [-0.05, 0) is 43.7 Å². The van der Waals surface area contributed by atoms with Crippen LogP contribution in [0.15, 0.2) is 29.6 Å². The van der Waals surface area contributed by atoms with E-state index >= 15 is 0 Å². The zero-order chi connectivity index (χ0) is 17.2. The Kier molecular flexibility index (Phi) is 4.49. The Labute approximate surface area is 150 Å². The predicted molar refractivity (Wildman–Crippen MR) is 99.0 cm³/mol. The van der Waals surface area contributed by atoms with Crippen molar-refractivity contribution in [3.8, 4) is 0 Å². The molecule has 0 radical (unpaired) electrons. The van der Waals surface area contributed by atoms with Gasteiger partial charge in [-0.25, -0.2) is 9.78 Å². The number of esters is 1. The smallest absolute Gasteiger partial charge is 0.339 e. The van der Waals surface area contributed by atoms with Crippen molar-refractivity contribution in [2.75, 3.05) is 0 Å². The number of para-hydroxylation sites is 1. The predicted octanol–water partition coefficient (Wildman–Crippen LogP) is 4.49. The summed E-state index contributed by atoms with van der Waals surface area (Å²) in [6, 6.07) is 7.84. The molecule has 1 aromatic carbocycles. The molecule has 128 valence electrons. The van der Waals surface area contributed by atoms with Crippen LogP contribution in [0.2, 0.25) is 0 Å². The minimum Gasteiger partial charge on any atom is -0.456 e. The number of benzene rings is 1. The minimum atomic E-state index is -0.261. The molecule has 0 spiro atoms. The molecule has 4 rings (SSSR count). The second kappa shape index (κ2) is 6.92. The van der Waals surface area contributed by atoms with Gasteiger partial charge in [-0.3, -0.25) is 4.98 Å². The fourth-order valence-electron chi connectivity index (χ4n) is 3.39. The molecule has 4 nitrogen and oxygen atoms in total. The molecule has 1 aliphatic rings. The summed E-state index contributed by atoms with van der Waals surface area (Å²) in [6.07, 6.45) is 4.96. The Balaban J connectivity index is 1.68. The number of ether oxygens (including phenoxy) is 1. The number of pyridine rings is 1. The number of rotatable bonds is 4. The molecule has 0 amide bonds. The summed E-state index contributed by atoms with van der Waals surface area (Å²) in [5.74, 6) is -0.261. The highest BCUT2D eigenvalue weighted by Crippen LogP contribution is 2.30. The third-order valence-electron chi connectivity index (χ3n) is 4.63. The summed E-state index contributed by atoms with van der Waals surface area (Å²) in [6.45, 7) is 2.30. The Morgan fingerprint density at radius 2 is 2.04 bits per heavy atom. The van der Waals surface area contributed by atoms with Gasteiger partial charge in [-0.15, -0.1) is 11.3 Å². The lowest BCUT2D eigenvalue weighted by Crippen LogP contribution is -2.15. The lowest BCUT2D eigenvalue weighted by Gasteiger charge is -2.19. The largest absolute Gasteiger partial charge is 0.456 e. The van der Waals surface area contributed by atoms with Crippen molar-refractivity contribution in [3.05, 3.63) is 57.2 Å². The van der Waals surface area contributed by atoms with Crippen LogP contribution in [-0.4, -0.2) is 15.9 Å². The van der Waals surface area contributed by atoms with Crippen LogP contribution < -0.4 is 0 Å². The third kappa shape index (κ3) is 3.16. The van der Waals surface area contributed by atoms with Gasteiger partial charge in [0, 0.05) is 16.5 Å². The van der Waals surface area contributed by atoms with Crippen LogP contribution in [0.3, 0.4) is 0 Å². The summed E-state index contributed by atoms with van der Waals surface area (Å²) in [5, 5.41) is 3.92. The van der Waals surface area contributed by atoms with Crippen LogP contribution in [0.25, 0.3) is 10.9 Å². The molecule has 0 saturated heterocycles. The van der Waals surface area contributed by atoms with Crippen molar-refractivity contribution in [2.45, 2.75) is 45.6 Å². The van der Waals surface area contributed by atoms with Crippen molar-refractivity contribution in [1.29, 1.82) is 0 Å². The SMILES string of the molecule is CCc1nc(COC(=O)c2c3c(nc4ccccc24)CCCC3)cs1. The lowest BCUT2D eigenvalue weighted by atomic mass is 9.90. The average Bonchev–Trinajstić information content (AvgIpc) is 3.12. The number of aromatic nitrogens is 2. The molecule has 0 fully saturated rings. The normalized spacial score (nSPS) is 13.6. The van der Waals surface area contributed by atoms with Crippen molar-refractivity contribution >= 4 is 28.2 Å². The van der Waals surface area contributed by atoms with Crippen molar-refractivity contribution in [3.63, 3.8) is 0 Å². The number of fused-ring (bicyclic) bond motifs is 2. The molecule has 3 aromatic rings. The molecule has 0 N–H and O–H groups in total. The lowest BCUT2D eigenvalue weighted by molar-refractivity contribution is 0.0469. The molecular formula is C20H20N2O2S. The fourth-order valence-corrected chi connectivity index (χ4v) is 4.12. The molecule has 2 aromatic heterocycles. The fraction of sp³-hybridized carbons (Fsp3) is 0.350. The number of hydrogen-bond donors (Lipinski definition) is 0. The Morgan fingerprint density at radius 1 is 1.20 bits per heavy atom. The highest BCUT2D eigenvalue weighted by atomic mass is 32.1. The molecule has 0 unspecified atom stereocenters. The van der Waals surface area contributed by atoms with Crippen molar-refractivity contribution in [1.82, 2.24) is 9.97 Å². The maximum Gasteiger partial charge on any atom is 0.339 e. The van der Waals surface area contributed by atoms with Gasteiger partial charge < -0.3 is 4.74 Å². The van der Waals surface area contributed by atoms with Gasteiger partial charge in [0.2, 0.25) is 0 Å². The number of aryl methyl sites for hydroxylation is 2. The Hall–Kier alpha value is -2.27. The van der Waals surface area contributed by atoms with E-state index in [4.69, 9.17) is 9.72 Å². The zero-order valence-corrected chi connectivity index (χ0v) is 15.1. The van der Waals surface area contributed by atoms with Crippen LogP contribution in [0.1, 0.15) is 52.1 Å². The molecule has 0 atom stereocenters. The zero-order valence-electron chi connectivity index (χ0n) is 14.2.